The first-order chi connectivity index (χ1) is 5.57. The normalized spacial score (nSPS) is 24.0. The van der Waals surface area contributed by atoms with Crippen LogP contribution in [0.2, 0.25) is 6.82 Å². The molecule has 1 saturated heterocycles. The SMILES string of the molecule is CCC1(N)CCN(B(C)O)CC1. The zero-order chi connectivity index (χ0) is 9.19. The summed E-state index contributed by atoms with van der Waals surface area (Å²) in [5, 5.41) is 9.31. The molecule has 0 aromatic carbocycles. The Balaban J connectivity index is 2.39. The fourth-order valence-corrected chi connectivity index (χ4v) is 1.70. The fraction of sp³-hybridized carbons (Fsp3) is 1.00. The van der Waals surface area contributed by atoms with Gasteiger partial charge in [-0.05, 0) is 39.2 Å². The Hall–Kier alpha value is -0.0551. The van der Waals surface area contributed by atoms with E-state index in [4.69, 9.17) is 5.73 Å². The molecule has 12 heavy (non-hydrogen) atoms. The van der Waals surface area contributed by atoms with Crippen LogP contribution in [0, 0.1) is 0 Å². The van der Waals surface area contributed by atoms with Gasteiger partial charge in [-0.1, -0.05) is 6.92 Å². The van der Waals surface area contributed by atoms with E-state index in [1.807, 2.05) is 6.82 Å². The summed E-state index contributed by atoms with van der Waals surface area (Å²) in [5.41, 5.74) is 6.15. The van der Waals surface area contributed by atoms with Crippen molar-refractivity contribution >= 4 is 7.05 Å². The van der Waals surface area contributed by atoms with Crippen LogP contribution in [-0.4, -0.2) is 35.5 Å². The maximum atomic E-state index is 9.31. The molecule has 0 unspecified atom stereocenters. The fourth-order valence-electron chi connectivity index (χ4n) is 1.70. The minimum absolute atomic E-state index is 0.0331. The molecule has 1 fully saturated rings. The molecule has 3 nitrogen and oxygen atoms in total. The van der Waals surface area contributed by atoms with Gasteiger partial charge in [0.25, 0.3) is 0 Å². The lowest BCUT2D eigenvalue weighted by molar-refractivity contribution is 0.213. The van der Waals surface area contributed by atoms with E-state index in [9.17, 15) is 5.02 Å². The van der Waals surface area contributed by atoms with Crippen molar-refractivity contribution in [1.82, 2.24) is 4.81 Å². The monoisotopic (exact) mass is 170 g/mol. The molecule has 4 heteroatoms. The highest BCUT2D eigenvalue weighted by molar-refractivity contribution is 6.45. The van der Waals surface area contributed by atoms with Crippen LogP contribution in [0.5, 0.6) is 0 Å². The Kier molecular flexibility index (Phi) is 3.15. The maximum Gasteiger partial charge on any atom is 0.376 e. The second kappa shape index (κ2) is 3.77. The highest BCUT2D eigenvalue weighted by Gasteiger charge is 2.31. The molecule has 0 spiro atoms. The molecule has 1 rings (SSSR count). The standard InChI is InChI=1S/C8H19BN2O/c1-3-8(10)4-6-11(7-5-8)9(2)12/h12H,3-7,10H2,1-2H3. The average Bonchev–Trinajstić information content (AvgIpc) is 2.05. The summed E-state index contributed by atoms with van der Waals surface area (Å²) in [6.07, 6.45) is 3.06. The molecular formula is C8H19BN2O. The van der Waals surface area contributed by atoms with Crippen LogP contribution >= 0.6 is 0 Å². The lowest BCUT2D eigenvalue weighted by atomic mass is 9.78. The minimum Gasteiger partial charge on any atom is -0.437 e. The molecule has 0 saturated carbocycles. The Morgan fingerprint density at radius 1 is 1.50 bits per heavy atom. The Morgan fingerprint density at radius 3 is 2.33 bits per heavy atom. The van der Waals surface area contributed by atoms with Crippen LogP contribution in [-0.2, 0) is 0 Å². The van der Waals surface area contributed by atoms with Crippen molar-refractivity contribution in [2.24, 2.45) is 5.73 Å². The molecule has 0 atom stereocenters. The van der Waals surface area contributed by atoms with E-state index in [2.05, 4.69) is 11.7 Å². The summed E-state index contributed by atoms with van der Waals surface area (Å²) < 4.78 is 0. The van der Waals surface area contributed by atoms with Crippen LogP contribution in [0.15, 0.2) is 0 Å². The Labute approximate surface area is 75.1 Å². The van der Waals surface area contributed by atoms with Gasteiger partial charge in [-0.25, -0.2) is 0 Å². The van der Waals surface area contributed by atoms with Gasteiger partial charge < -0.3 is 15.6 Å². The molecule has 0 amide bonds. The van der Waals surface area contributed by atoms with Crippen molar-refractivity contribution in [1.29, 1.82) is 0 Å². The number of hydrogen-bond donors (Lipinski definition) is 2. The van der Waals surface area contributed by atoms with Gasteiger partial charge in [0, 0.05) is 5.54 Å². The van der Waals surface area contributed by atoms with E-state index in [1.165, 1.54) is 0 Å². The van der Waals surface area contributed by atoms with Gasteiger partial charge in [0.1, 0.15) is 0 Å². The lowest BCUT2D eigenvalue weighted by Crippen LogP contribution is -2.53. The summed E-state index contributed by atoms with van der Waals surface area (Å²) in [6, 6.07) is 0. The van der Waals surface area contributed by atoms with Gasteiger partial charge in [0.05, 0.1) is 0 Å². The van der Waals surface area contributed by atoms with Crippen molar-refractivity contribution in [3.63, 3.8) is 0 Å². The van der Waals surface area contributed by atoms with E-state index in [0.29, 0.717) is 0 Å². The van der Waals surface area contributed by atoms with Crippen molar-refractivity contribution in [3.8, 4) is 0 Å². The average molecular weight is 170 g/mol. The third-order valence-electron chi connectivity index (χ3n) is 3.03. The number of hydrogen-bond acceptors (Lipinski definition) is 3. The van der Waals surface area contributed by atoms with Crippen molar-refractivity contribution in [3.05, 3.63) is 0 Å². The highest BCUT2D eigenvalue weighted by Crippen LogP contribution is 2.22. The second-order valence-corrected chi connectivity index (χ2v) is 3.88. The van der Waals surface area contributed by atoms with Crippen LogP contribution < -0.4 is 5.73 Å². The number of piperidine rings is 1. The summed E-state index contributed by atoms with van der Waals surface area (Å²) >= 11 is 0. The van der Waals surface area contributed by atoms with Gasteiger partial charge in [-0.15, -0.1) is 0 Å². The summed E-state index contributed by atoms with van der Waals surface area (Å²) in [5.74, 6) is 0. The second-order valence-electron chi connectivity index (χ2n) is 3.88. The zero-order valence-electron chi connectivity index (χ0n) is 8.08. The molecule has 0 aliphatic carbocycles. The van der Waals surface area contributed by atoms with Crippen LogP contribution in [0.1, 0.15) is 26.2 Å². The quantitative estimate of drug-likeness (QED) is 0.586. The van der Waals surface area contributed by atoms with Gasteiger partial charge >= 0.3 is 7.05 Å². The van der Waals surface area contributed by atoms with Gasteiger partial charge in [-0.2, -0.15) is 0 Å². The summed E-state index contributed by atoms with van der Waals surface area (Å²) in [7, 11) is -0.314. The molecule has 3 N–H and O–H groups in total. The first kappa shape index (κ1) is 10.0. The summed E-state index contributed by atoms with van der Waals surface area (Å²) in [6.45, 7) is 5.82. The molecule has 1 aliphatic rings. The predicted molar refractivity (Wildman–Crippen MR) is 51.9 cm³/mol. The Morgan fingerprint density at radius 2 is 2.00 bits per heavy atom. The van der Waals surface area contributed by atoms with Crippen LogP contribution in [0.4, 0.5) is 0 Å². The number of nitrogens with two attached hydrogens (primary N) is 1. The molecule has 0 bridgehead atoms. The van der Waals surface area contributed by atoms with Crippen LogP contribution in [0.25, 0.3) is 0 Å². The maximum absolute atomic E-state index is 9.31. The first-order valence-corrected chi connectivity index (χ1v) is 4.78. The highest BCUT2D eigenvalue weighted by atomic mass is 16.2. The van der Waals surface area contributed by atoms with E-state index in [-0.39, 0.29) is 12.6 Å². The van der Waals surface area contributed by atoms with E-state index >= 15 is 0 Å². The summed E-state index contributed by atoms with van der Waals surface area (Å²) in [4.78, 5) is 2.07. The van der Waals surface area contributed by atoms with Crippen molar-refractivity contribution in [2.75, 3.05) is 13.1 Å². The van der Waals surface area contributed by atoms with Gasteiger partial charge in [0.15, 0.2) is 0 Å². The predicted octanol–water partition coefficient (Wildman–Crippen LogP) is 0.300. The molecule has 0 radical (unpaired) electrons. The smallest absolute Gasteiger partial charge is 0.376 e. The van der Waals surface area contributed by atoms with Gasteiger partial charge in [0.2, 0.25) is 0 Å². The zero-order valence-corrected chi connectivity index (χ0v) is 8.08. The van der Waals surface area contributed by atoms with Gasteiger partial charge in [-0.3, -0.25) is 0 Å². The first-order valence-electron chi connectivity index (χ1n) is 4.78. The molecule has 70 valence electrons. The largest absolute Gasteiger partial charge is 0.437 e. The molecular weight excluding hydrogens is 151 g/mol. The van der Waals surface area contributed by atoms with Crippen molar-refractivity contribution < 1.29 is 5.02 Å². The molecule has 1 aliphatic heterocycles. The third-order valence-corrected chi connectivity index (χ3v) is 3.03. The topological polar surface area (TPSA) is 49.5 Å². The van der Waals surface area contributed by atoms with E-state index in [0.717, 1.165) is 32.4 Å². The third kappa shape index (κ3) is 2.22. The number of rotatable bonds is 2. The molecule has 1 heterocycles. The minimum atomic E-state index is -0.314. The van der Waals surface area contributed by atoms with Crippen LogP contribution in [0.3, 0.4) is 0 Å². The van der Waals surface area contributed by atoms with E-state index in [1.54, 1.807) is 0 Å². The Bertz CT molecular complexity index is 144. The number of nitrogens with zero attached hydrogens (tertiary/aromatic N) is 1. The van der Waals surface area contributed by atoms with Crippen molar-refractivity contribution in [2.45, 2.75) is 38.5 Å². The molecule has 0 aromatic heterocycles. The molecule has 0 aromatic rings. The lowest BCUT2D eigenvalue weighted by Gasteiger charge is -2.39. The van der Waals surface area contributed by atoms with E-state index < -0.39 is 0 Å².